The topological polar surface area (TPSA) is 71.1 Å². The van der Waals surface area contributed by atoms with Crippen molar-refractivity contribution in [3.05, 3.63) is 30.1 Å². The molecule has 5 heteroatoms. The lowest BCUT2D eigenvalue weighted by molar-refractivity contribution is -0.121. The summed E-state index contributed by atoms with van der Waals surface area (Å²) in [6.07, 6.45) is 4.95. The zero-order valence-electron chi connectivity index (χ0n) is 9.48. The Hall–Kier alpha value is -1.91. The Morgan fingerprint density at radius 3 is 3.12 bits per heavy atom. The van der Waals surface area contributed by atoms with E-state index in [9.17, 15) is 9.59 Å². The van der Waals surface area contributed by atoms with Gasteiger partial charge in [0, 0.05) is 31.8 Å². The predicted octanol–water partition coefficient (Wildman–Crippen LogP) is 0.0189. The normalized spacial score (nSPS) is 18.8. The fourth-order valence-electron chi connectivity index (χ4n) is 1.81. The number of aryl methyl sites for hydroxylation is 1. The van der Waals surface area contributed by atoms with Crippen LogP contribution < -0.4 is 10.6 Å². The third-order valence-electron chi connectivity index (χ3n) is 2.71. The van der Waals surface area contributed by atoms with Crippen LogP contribution in [0, 0.1) is 0 Å². The Morgan fingerprint density at radius 2 is 2.47 bits per heavy atom. The van der Waals surface area contributed by atoms with E-state index < -0.39 is 0 Å². The van der Waals surface area contributed by atoms with Crippen molar-refractivity contribution in [1.29, 1.82) is 0 Å². The summed E-state index contributed by atoms with van der Waals surface area (Å²) in [5.74, 6) is -0.0158. The molecule has 1 aromatic heterocycles. The molecule has 1 unspecified atom stereocenters. The summed E-state index contributed by atoms with van der Waals surface area (Å²) in [6.45, 7) is 0.539. The van der Waals surface area contributed by atoms with Crippen LogP contribution in [0.4, 0.5) is 0 Å². The highest BCUT2D eigenvalue weighted by Gasteiger charge is 2.22. The average Bonchev–Trinajstić information content (AvgIpc) is 2.73. The molecule has 1 fully saturated rings. The second-order valence-corrected chi connectivity index (χ2v) is 4.13. The fourth-order valence-corrected chi connectivity index (χ4v) is 1.81. The SMILES string of the molecule is O=C1CC(NC(=O)CCc2cccnc2)CN1. The van der Waals surface area contributed by atoms with Crippen LogP contribution >= 0.6 is 0 Å². The van der Waals surface area contributed by atoms with Gasteiger partial charge in [0.05, 0.1) is 6.04 Å². The standard InChI is InChI=1S/C12H15N3O2/c16-11(15-10-6-12(17)14-8-10)4-3-9-2-1-5-13-7-9/h1-2,5,7,10H,3-4,6,8H2,(H,14,17)(H,15,16). The molecule has 2 heterocycles. The second-order valence-electron chi connectivity index (χ2n) is 4.13. The molecule has 0 bridgehead atoms. The maximum atomic E-state index is 11.6. The van der Waals surface area contributed by atoms with Crippen molar-refractivity contribution in [3.8, 4) is 0 Å². The van der Waals surface area contributed by atoms with E-state index in [0.29, 0.717) is 25.8 Å². The molecule has 1 atom stereocenters. The first-order valence-electron chi connectivity index (χ1n) is 5.69. The van der Waals surface area contributed by atoms with Gasteiger partial charge in [-0.3, -0.25) is 14.6 Å². The first kappa shape index (κ1) is 11.6. The third kappa shape index (κ3) is 3.55. The number of amides is 2. The van der Waals surface area contributed by atoms with Crippen molar-refractivity contribution in [2.24, 2.45) is 0 Å². The number of carbonyl (C=O) groups excluding carboxylic acids is 2. The number of hydrogen-bond donors (Lipinski definition) is 2. The van der Waals surface area contributed by atoms with Crippen LogP contribution in [0.1, 0.15) is 18.4 Å². The van der Waals surface area contributed by atoms with E-state index >= 15 is 0 Å². The molecule has 0 aromatic carbocycles. The van der Waals surface area contributed by atoms with E-state index in [1.165, 1.54) is 0 Å². The van der Waals surface area contributed by atoms with Crippen molar-refractivity contribution in [2.75, 3.05) is 6.54 Å². The second kappa shape index (κ2) is 5.43. The van der Waals surface area contributed by atoms with Crippen molar-refractivity contribution in [3.63, 3.8) is 0 Å². The zero-order valence-corrected chi connectivity index (χ0v) is 9.48. The summed E-state index contributed by atoms with van der Waals surface area (Å²) in [5, 5.41) is 5.52. The highest BCUT2D eigenvalue weighted by molar-refractivity contribution is 5.82. The number of rotatable bonds is 4. The first-order valence-corrected chi connectivity index (χ1v) is 5.69. The van der Waals surface area contributed by atoms with Gasteiger partial charge in [-0.1, -0.05) is 6.07 Å². The summed E-state index contributed by atoms with van der Waals surface area (Å²) in [6, 6.07) is 3.75. The van der Waals surface area contributed by atoms with E-state index in [2.05, 4.69) is 15.6 Å². The van der Waals surface area contributed by atoms with Crippen molar-refractivity contribution in [1.82, 2.24) is 15.6 Å². The average molecular weight is 233 g/mol. The number of carbonyl (C=O) groups is 2. The van der Waals surface area contributed by atoms with Gasteiger partial charge >= 0.3 is 0 Å². The van der Waals surface area contributed by atoms with Crippen LogP contribution in [-0.2, 0) is 16.0 Å². The molecule has 0 radical (unpaired) electrons. The molecule has 1 aliphatic heterocycles. The summed E-state index contributed by atoms with van der Waals surface area (Å²) in [4.78, 5) is 26.5. The van der Waals surface area contributed by atoms with Gasteiger partial charge in [-0.25, -0.2) is 0 Å². The van der Waals surface area contributed by atoms with Crippen LogP contribution in [0.5, 0.6) is 0 Å². The Balaban J connectivity index is 1.73. The van der Waals surface area contributed by atoms with Gasteiger partial charge in [0.2, 0.25) is 11.8 Å². The summed E-state index contributed by atoms with van der Waals surface area (Å²) in [7, 11) is 0. The van der Waals surface area contributed by atoms with Gasteiger partial charge < -0.3 is 10.6 Å². The van der Waals surface area contributed by atoms with Gasteiger partial charge in [-0.2, -0.15) is 0 Å². The number of pyridine rings is 1. The molecule has 1 aromatic rings. The van der Waals surface area contributed by atoms with Crippen molar-refractivity contribution < 1.29 is 9.59 Å². The van der Waals surface area contributed by atoms with E-state index in [1.807, 2.05) is 12.1 Å². The van der Waals surface area contributed by atoms with Crippen molar-refractivity contribution in [2.45, 2.75) is 25.3 Å². The Kier molecular flexibility index (Phi) is 3.69. The number of hydrogen-bond acceptors (Lipinski definition) is 3. The van der Waals surface area contributed by atoms with Gasteiger partial charge in [-0.15, -0.1) is 0 Å². The highest BCUT2D eigenvalue weighted by Crippen LogP contribution is 2.03. The first-order chi connectivity index (χ1) is 8.24. The maximum absolute atomic E-state index is 11.6. The molecule has 0 saturated carbocycles. The molecule has 90 valence electrons. The minimum Gasteiger partial charge on any atom is -0.354 e. The monoisotopic (exact) mass is 233 g/mol. The molecular weight excluding hydrogens is 218 g/mol. The molecule has 2 amide bonds. The zero-order chi connectivity index (χ0) is 12.1. The molecule has 2 N–H and O–H groups in total. The van der Waals surface area contributed by atoms with Crippen LogP contribution in [0.3, 0.4) is 0 Å². The lowest BCUT2D eigenvalue weighted by atomic mass is 10.1. The van der Waals surface area contributed by atoms with E-state index in [0.717, 1.165) is 5.56 Å². The van der Waals surface area contributed by atoms with Gasteiger partial charge in [0.25, 0.3) is 0 Å². The lowest BCUT2D eigenvalue weighted by Gasteiger charge is -2.09. The van der Waals surface area contributed by atoms with Gasteiger partial charge in [0.1, 0.15) is 0 Å². The third-order valence-corrected chi connectivity index (χ3v) is 2.71. The van der Waals surface area contributed by atoms with Crippen molar-refractivity contribution >= 4 is 11.8 Å². The molecule has 1 aliphatic rings. The highest BCUT2D eigenvalue weighted by atomic mass is 16.2. The van der Waals surface area contributed by atoms with Crippen LogP contribution in [0.2, 0.25) is 0 Å². The quantitative estimate of drug-likeness (QED) is 0.770. The lowest BCUT2D eigenvalue weighted by Crippen LogP contribution is -2.36. The van der Waals surface area contributed by atoms with Crippen LogP contribution in [0.25, 0.3) is 0 Å². The molecule has 1 saturated heterocycles. The van der Waals surface area contributed by atoms with Crippen LogP contribution in [0.15, 0.2) is 24.5 Å². The number of nitrogens with one attached hydrogen (secondary N) is 2. The molecule has 5 nitrogen and oxygen atoms in total. The van der Waals surface area contributed by atoms with Gasteiger partial charge in [0.15, 0.2) is 0 Å². The molecule has 0 aliphatic carbocycles. The minimum absolute atomic E-state index is 0.00237. The van der Waals surface area contributed by atoms with E-state index in [4.69, 9.17) is 0 Å². The fraction of sp³-hybridized carbons (Fsp3) is 0.417. The molecule has 2 rings (SSSR count). The summed E-state index contributed by atoms with van der Waals surface area (Å²) < 4.78 is 0. The van der Waals surface area contributed by atoms with Crippen LogP contribution in [-0.4, -0.2) is 29.4 Å². The molecular formula is C12H15N3O2. The summed E-state index contributed by atoms with van der Waals surface area (Å²) in [5.41, 5.74) is 1.04. The molecule has 0 spiro atoms. The minimum atomic E-state index is -0.0519. The Morgan fingerprint density at radius 1 is 1.59 bits per heavy atom. The Bertz CT molecular complexity index is 405. The molecule has 17 heavy (non-hydrogen) atoms. The smallest absolute Gasteiger partial charge is 0.222 e. The van der Waals surface area contributed by atoms with E-state index in [1.54, 1.807) is 12.4 Å². The number of nitrogens with zero attached hydrogens (tertiary/aromatic N) is 1. The number of aromatic nitrogens is 1. The largest absolute Gasteiger partial charge is 0.354 e. The Labute approximate surface area is 99.6 Å². The van der Waals surface area contributed by atoms with E-state index in [-0.39, 0.29) is 17.9 Å². The van der Waals surface area contributed by atoms with Gasteiger partial charge in [-0.05, 0) is 18.1 Å². The maximum Gasteiger partial charge on any atom is 0.222 e. The predicted molar refractivity (Wildman–Crippen MR) is 62.1 cm³/mol. The summed E-state index contributed by atoms with van der Waals surface area (Å²) >= 11 is 0.